The molecule has 0 aliphatic heterocycles. The zero-order valence-electron chi connectivity index (χ0n) is 9.89. The van der Waals surface area contributed by atoms with Crippen LogP contribution in [-0.2, 0) is 0 Å². The molecule has 0 radical (unpaired) electrons. The molecule has 10 heteroatoms. The summed E-state index contributed by atoms with van der Waals surface area (Å²) in [5, 5.41) is 1.38. The number of hydrogen-bond donors (Lipinski definition) is 1. The van der Waals surface area contributed by atoms with Crippen LogP contribution in [0.3, 0.4) is 0 Å². The van der Waals surface area contributed by atoms with Gasteiger partial charge in [-0.3, -0.25) is 0 Å². The average Bonchev–Trinajstić information content (AvgIpc) is 1.91. The molecule has 0 aromatic heterocycles. The summed E-state index contributed by atoms with van der Waals surface area (Å²) in [6, 6.07) is -1.20. The molecule has 0 aliphatic carbocycles. The Bertz CT molecular complexity index is 270. The van der Waals surface area contributed by atoms with Crippen LogP contribution in [-0.4, -0.2) is 30.1 Å². The van der Waals surface area contributed by atoms with Crippen molar-refractivity contribution in [2.45, 2.75) is 56.8 Å². The van der Waals surface area contributed by atoms with E-state index >= 15 is 0 Å². The van der Waals surface area contributed by atoms with Crippen LogP contribution >= 0.6 is 0 Å². The van der Waals surface area contributed by atoms with E-state index in [0.29, 0.717) is 0 Å². The Morgan fingerprint density at radius 1 is 0.737 bits per heavy atom. The molecule has 19 heavy (non-hydrogen) atoms. The maximum absolute atomic E-state index is 12.7. The van der Waals surface area contributed by atoms with Crippen LogP contribution in [0.1, 0.15) is 26.7 Å². The third-order valence-corrected chi connectivity index (χ3v) is 2.11. The van der Waals surface area contributed by atoms with Crippen molar-refractivity contribution in [1.29, 1.82) is 0 Å². The number of nitrogens with one attached hydrogen (secondary N) is 1. The molecule has 0 unspecified atom stereocenters. The van der Waals surface area contributed by atoms with Crippen LogP contribution in [0.4, 0.5) is 39.5 Å². The minimum Gasteiger partial charge on any atom is -0.301 e. The van der Waals surface area contributed by atoms with Gasteiger partial charge in [-0.2, -0.15) is 39.5 Å². The first kappa shape index (κ1) is 18.3. The number of alkyl halides is 9. The second-order valence-corrected chi connectivity index (χ2v) is 4.46. The van der Waals surface area contributed by atoms with E-state index in [1.807, 2.05) is 0 Å². The van der Waals surface area contributed by atoms with Crippen LogP contribution < -0.4 is 5.32 Å². The summed E-state index contributed by atoms with van der Waals surface area (Å²) in [5.74, 6) is 0. The quantitative estimate of drug-likeness (QED) is 0.768. The summed E-state index contributed by atoms with van der Waals surface area (Å²) in [7, 11) is 0. The molecule has 0 aromatic carbocycles. The Kier molecular flexibility index (Phi) is 5.18. The van der Waals surface area contributed by atoms with E-state index in [1.165, 1.54) is 5.32 Å². The van der Waals surface area contributed by atoms with Crippen LogP contribution in [0.25, 0.3) is 0 Å². The van der Waals surface area contributed by atoms with Crippen molar-refractivity contribution in [3.63, 3.8) is 0 Å². The molecule has 0 bridgehead atoms. The zero-order chi connectivity index (χ0) is 15.7. The highest BCUT2D eigenvalue weighted by Gasteiger charge is 2.63. The van der Waals surface area contributed by atoms with E-state index in [-0.39, 0.29) is 0 Å². The topological polar surface area (TPSA) is 12.0 Å². The maximum Gasteiger partial charge on any atom is 0.407 e. The molecule has 0 fully saturated rings. The molecule has 0 aliphatic rings. The van der Waals surface area contributed by atoms with Gasteiger partial charge in [-0.15, -0.1) is 0 Å². The molecule has 0 amide bonds. The Morgan fingerprint density at radius 2 is 1.05 bits per heavy atom. The van der Waals surface area contributed by atoms with Gasteiger partial charge < -0.3 is 5.32 Å². The lowest BCUT2D eigenvalue weighted by atomic mass is 9.88. The Morgan fingerprint density at radius 3 is 1.21 bits per heavy atom. The third-order valence-electron chi connectivity index (χ3n) is 2.11. The second-order valence-electron chi connectivity index (χ2n) is 4.46. The van der Waals surface area contributed by atoms with E-state index in [4.69, 9.17) is 0 Å². The Balaban J connectivity index is 5.60. The fourth-order valence-corrected chi connectivity index (χ4v) is 1.68. The van der Waals surface area contributed by atoms with E-state index in [2.05, 4.69) is 0 Å². The first-order valence-corrected chi connectivity index (χ1v) is 5.06. The number of hydrogen-bond acceptors (Lipinski definition) is 1. The fourth-order valence-electron chi connectivity index (χ4n) is 1.68. The van der Waals surface area contributed by atoms with Crippen molar-refractivity contribution in [3.8, 4) is 0 Å². The molecule has 1 N–H and O–H groups in total. The number of halogens is 9. The van der Waals surface area contributed by atoms with Crippen molar-refractivity contribution >= 4 is 0 Å². The lowest BCUT2D eigenvalue weighted by Crippen LogP contribution is -2.62. The molecule has 0 aromatic rings. The normalized spacial score (nSPS) is 15.2. The van der Waals surface area contributed by atoms with Crippen molar-refractivity contribution in [1.82, 2.24) is 5.32 Å². The van der Waals surface area contributed by atoms with Crippen LogP contribution in [0.2, 0.25) is 0 Å². The van der Waals surface area contributed by atoms with Crippen molar-refractivity contribution in [3.05, 3.63) is 0 Å². The van der Waals surface area contributed by atoms with Crippen molar-refractivity contribution in [2.24, 2.45) is 0 Å². The van der Waals surface area contributed by atoms with Gasteiger partial charge in [0.2, 0.25) is 0 Å². The van der Waals surface area contributed by atoms with E-state index in [9.17, 15) is 39.5 Å². The van der Waals surface area contributed by atoms with Crippen molar-refractivity contribution in [2.75, 3.05) is 0 Å². The highest BCUT2D eigenvalue weighted by atomic mass is 19.4. The SMILES string of the molecule is CC(C)NC(CC(F)(F)F)(CC(F)(F)F)C(F)(F)F. The molecule has 0 heterocycles. The smallest absolute Gasteiger partial charge is 0.301 e. The summed E-state index contributed by atoms with van der Waals surface area (Å²) in [6.07, 6.45) is -21.7. The summed E-state index contributed by atoms with van der Waals surface area (Å²) < 4.78 is 111. The molecule has 0 saturated heterocycles. The lowest BCUT2D eigenvalue weighted by Gasteiger charge is -2.39. The van der Waals surface area contributed by atoms with Gasteiger partial charge >= 0.3 is 18.5 Å². The first-order valence-electron chi connectivity index (χ1n) is 5.06. The summed E-state index contributed by atoms with van der Waals surface area (Å²) in [4.78, 5) is 0. The van der Waals surface area contributed by atoms with Gasteiger partial charge in [-0.1, -0.05) is 13.8 Å². The molecule has 0 atom stereocenters. The highest BCUT2D eigenvalue weighted by molar-refractivity contribution is 4.99. The van der Waals surface area contributed by atoms with Crippen LogP contribution in [0.15, 0.2) is 0 Å². The van der Waals surface area contributed by atoms with E-state index < -0.39 is 43.0 Å². The average molecular weight is 305 g/mol. The second kappa shape index (κ2) is 5.37. The van der Waals surface area contributed by atoms with Gasteiger partial charge in [0.25, 0.3) is 0 Å². The van der Waals surface area contributed by atoms with Crippen LogP contribution in [0, 0.1) is 0 Å². The standard InChI is InChI=1S/C9H12F9N/c1-5(2)19-6(9(16,17)18,3-7(10,11)12)4-8(13,14)15/h5,19H,3-4H2,1-2H3. The molecule has 116 valence electrons. The third kappa shape index (κ3) is 6.35. The van der Waals surface area contributed by atoms with Gasteiger partial charge in [-0.05, 0) is 0 Å². The van der Waals surface area contributed by atoms with E-state index in [1.54, 1.807) is 0 Å². The van der Waals surface area contributed by atoms with Gasteiger partial charge in [0.1, 0.15) is 5.54 Å². The van der Waals surface area contributed by atoms with Gasteiger partial charge in [0.05, 0.1) is 12.8 Å². The largest absolute Gasteiger partial charge is 0.407 e. The predicted octanol–water partition coefficient (Wildman–Crippen LogP) is 4.19. The lowest BCUT2D eigenvalue weighted by molar-refractivity contribution is -0.268. The van der Waals surface area contributed by atoms with Crippen LogP contribution in [0.5, 0.6) is 0 Å². The summed E-state index contributed by atoms with van der Waals surface area (Å²) >= 11 is 0. The molecule has 0 rings (SSSR count). The van der Waals surface area contributed by atoms with Gasteiger partial charge in [0, 0.05) is 6.04 Å². The van der Waals surface area contributed by atoms with E-state index in [0.717, 1.165) is 13.8 Å². The molecular weight excluding hydrogens is 293 g/mol. The molecule has 1 nitrogen and oxygen atoms in total. The Labute approximate surface area is 103 Å². The monoisotopic (exact) mass is 305 g/mol. The van der Waals surface area contributed by atoms with Gasteiger partial charge in [0.15, 0.2) is 0 Å². The number of rotatable bonds is 4. The molecule has 0 saturated carbocycles. The van der Waals surface area contributed by atoms with Crippen molar-refractivity contribution < 1.29 is 39.5 Å². The predicted molar refractivity (Wildman–Crippen MR) is 48.4 cm³/mol. The molecular formula is C9H12F9N. The minimum atomic E-state index is -5.69. The zero-order valence-corrected chi connectivity index (χ0v) is 9.89. The molecule has 0 spiro atoms. The first-order chi connectivity index (χ1) is 8.08. The van der Waals surface area contributed by atoms with Gasteiger partial charge in [-0.25, -0.2) is 0 Å². The maximum atomic E-state index is 12.7. The highest BCUT2D eigenvalue weighted by Crippen LogP contribution is 2.45. The minimum absolute atomic E-state index is 1.03. The fraction of sp³-hybridized carbons (Fsp3) is 1.00. The summed E-state index contributed by atoms with van der Waals surface area (Å²) in [5.41, 5.74) is -4.07. The summed E-state index contributed by atoms with van der Waals surface area (Å²) in [6.45, 7) is 2.07. The Hall–Kier alpha value is -0.670.